The summed E-state index contributed by atoms with van der Waals surface area (Å²) in [5, 5.41) is 0. The Kier molecular flexibility index (Phi) is 5.43. The lowest BCUT2D eigenvalue weighted by Crippen LogP contribution is -2.27. The van der Waals surface area contributed by atoms with Crippen molar-refractivity contribution in [3.05, 3.63) is 29.8 Å². The fourth-order valence-electron chi connectivity index (χ4n) is 2.78. The number of hydrogen-bond acceptors (Lipinski definition) is 3. The summed E-state index contributed by atoms with van der Waals surface area (Å²) in [5.41, 5.74) is 7.01. The van der Waals surface area contributed by atoms with Gasteiger partial charge in [-0.25, -0.2) is 13.1 Å². The first-order valence-corrected chi connectivity index (χ1v) is 9.02. The minimum absolute atomic E-state index is 0.0257. The third kappa shape index (κ3) is 5.13. The Morgan fingerprint density at radius 3 is 2.40 bits per heavy atom. The Bertz CT molecular complexity index is 505. The van der Waals surface area contributed by atoms with E-state index in [4.69, 9.17) is 5.73 Å². The molecule has 0 radical (unpaired) electrons. The number of rotatable bonds is 6. The van der Waals surface area contributed by atoms with Gasteiger partial charge in [0, 0.05) is 12.2 Å². The molecule has 0 aliphatic heterocycles. The molecule has 1 aliphatic carbocycles. The molecular weight excluding hydrogens is 272 g/mol. The molecule has 0 heterocycles. The molecule has 5 heteroatoms. The number of nitrogen functional groups attached to an aromatic ring is 1. The van der Waals surface area contributed by atoms with Gasteiger partial charge >= 0.3 is 0 Å². The average Bonchev–Trinajstić information content (AvgIpc) is 2.42. The monoisotopic (exact) mass is 296 g/mol. The van der Waals surface area contributed by atoms with E-state index in [-0.39, 0.29) is 5.75 Å². The third-order valence-electron chi connectivity index (χ3n) is 3.94. The SMILES string of the molecule is Nc1ccc(CS(=O)(=O)NCCC2CCCCC2)cc1. The summed E-state index contributed by atoms with van der Waals surface area (Å²) in [7, 11) is -3.24. The van der Waals surface area contributed by atoms with Crippen molar-refractivity contribution >= 4 is 15.7 Å². The summed E-state index contributed by atoms with van der Waals surface area (Å²) in [6.45, 7) is 0.558. The van der Waals surface area contributed by atoms with Crippen LogP contribution >= 0.6 is 0 Å². The van der Waals surface area contributed by atoms with Gasteiger partial charge in [-0.15, -0.1) is 0 Å². The molecule has 1 aromatic rings. The quantitative estimate of drug-likeness (QED) is 0.793. The van der Waals surface area contributed by atoms with E-state index in [0.29, 0.717) is 18.2 Å². The summed E-state index contributed by atoms with van der Waals surface area (Å²) in [4.78, 5) is 0. The minimum Gasteiger partial charge on any atom is -0.399 e. The summed E-state index contributed by atoms with van der Waals surface area (Å²) in [5.74, 6) is 0.723. The Labute approximate surface area is 121 Å². The van der Waals surface area contributed by atoms with Crippen LogP contribution in [0.15, 0.2) is 24.3 Å². The van der Waals surface area contributed by atoms with Crippen molar-refractivity contribution < 1.29 is 8.42 Å². The Morgan fingerprint density at radius 2 is 1.75 bits per heavy atom. The van der Waals surface area contributed by atoms with Crippen molar-refractivity contribution in [1.82, 2.24) is 4.72 Å². The van der Waals surface area contributed by atoms with E-state index in [2.05, 4.69) is 4.72 Å². The van der Waals surface area contributed by atoms with Gasteiger partial charge in [-0.3, -0.25) is 0 Å². The normalized spacial score (nSPS) is 17.2. The predicted octanol–water partition coefficient (Wildman–Crippen LogP) is 2.66. The van der Waals surface area contributed by atoms with Crippen molar-refractivity contribution in [2.45, 2.75) is 44.3 Å². The van der Waals surface area contributed by atoms with Crippen LogP contribution in [-0.2, 0) is 15.8 Å². The van der Waals surface area contributed by atoms with Gasteiger partial charge in [0.05, 0.1) is 5.75 Å². The highest BCUT2D eigenvalue weighted by molar-refractivity contribution is 7.88. The second-order valence-electron chi connectivity index (χ2n) is 5.69. The summed E-state index contributed by atoms with van der Waals surface area (Å²) >= 11 is 0. The molecule has 1 fully saturated rings. The van der Waals surface area contributed by atoms with Gasteiger partial charge in [-0.1, -0.05) is 44.2 Å². The molecule has 0 aromatic heterocycles. The molecule has 4 nitrogen and oxygen atoms in total. The maximum Gasteiger partial charge on any atom is 0.215 e. The molecule has 0 unspecified atom stereocenters. The molecule has 1 aliphatic rings. The summed E-state index contributed by atoms with van der Waals surface area (Å²) in [6.07, 6.45) is 7.38. The van der Waals surface area contributed by atoms with Gasteiger partial charge in [0.1, 0.15) is 0 Å². The van der Waals surface area contributed by atoms with E-state index in [9.17, 15) is 8.42 Å². The number of nitrogens with one attached hydrogen (secondary N) is 1. The van der Waals surface area contributed by atoms with Crippen LogP contribution in [0.4, 0.5) is 5.69 Å². The number of benzene rings is 1. The maximum absolute atomic E-state index is 12.0. The van der Waals surface area contributed by atoms with E-state index in [1.165, 1.54) is 32.1 Å². The van der Waals surface area contributed by atoms with Crippen LogP contribution in [0, 0.1) is 5.92 Å². The summed E-state index contributed by atoms with van der Waals surface area (Å²) in [6, 6.07) is 6.98. The minimum atomic E-state index is -3.24. The molecule has 0 bridgehead atoms. The lowest BCUT2D eigenvalue weighted by atomic mass is 9.87. The summed E-state index contributed by atoms with van der Waals surface area (Å²) < 4.78 is 26.7. The second-order valence-corrected chi connectivity index (χ2v) is 7.49. The standard InChI is InChI=1S/C15H24N2O2S/c16-15-8-6-14(7-9-15)12-20(18,19)17-11-10-13-4-2-1-3-5-13/h6-9,13,17H,1-5,10-12,16H2. The van der Waals surface area contributed by atoms with E-state index in [1.54, 1.807) is 24.3 Å². The zero-order valence-corrected chi connectivity index (χ0v) is 12.7. The molecule has 0 atom stereocenters. The number of nitrogens with two attached hydrogens (primary N) is 1. The van der Waals surface area contributed by atoms with Crippen molar-refractivity contribution in [1.29, 1.82) is 0 Å². The lowest BCUT2D eigenvalue weighted by Gasteiger charge is -2.21. The largest absolute Gasteiger partial charge is 0.399 e. The molecule has 3 N–H and O–H groups in total. The van der Waals surface area contributed by atoms with E-state index < -0.39 is 10.0 Å². The van der Waals surface area contributed by atoms with Crippen LogP contribution in [0.2, 0.25) is 0 Å². The van der Waals surface area contributed by atoms with Gasteiger partial charge in [0.2, 0.25) is 10.0 Å². The van der Waals surface area contributed by atoms with Crippen molar-refractivity contribution in [3.8, 4) is 0 Å². The van der Waals surface area contributed by atoms with E-state index >= 15 is 0 Å². The average molecular weight is 296 g/mol. The molecule has 2 rings (SSSR count). The van der Waals surface area contributed by atoms with Gasteiger partial charge in [0.15, 0.2) is 0 Å². The first-order valence-electron chi connectivity index (χ1n) is 7.37. The number of anilines is 1. The van der Waals surface area contributed by atoms with E-state index in [0.717, 1.165) is 12.0 Å². The van der Waals surface area contributed by atoms with Crippen LogP contribution in [0.3, 0.4) is 0 Å². The molecule has 0 saturated heterocycles. The third-order valence-corrected chi connectivity index (χ3v) is 5.29. The van der Waals surface area contributed by atoms with Crippen LogP contribution < -0.4 is 10.5 Å². The fraction of sp³-hybridized carbons (Fsp3) is 0.600. The topological polar surface area (TPSA) is 72.2 Å². The number of sulfonamides is 1. The van der Waals surface area contributed by atoms with Gasteiger partial charge in [-0.05, 0) is 30.0 Å². The first kappa shape index (κ1) is 15.3. The molecule has 112 valence electrons. The highest BCUT2D eigenvalue weighted by atomic mass is 32.2. The highest BCUT2D eigenvalue weighted by Gasteiger charge is 2.15. The molecule has 1 aromatic carbocycles. The van der Waals surface area contributed by atoms with Crippen molar-refractivity contribution in [2.24, 2.45) is 5.92 Å². The lowest BCUT2D eigenvalue weighted by molar-refractivity contribution is 0.339. The smallest absolute Gasteiger partial charge is 0.215 e. The Hall–Kier alpha value is -1.07. The molecule has 1 saturated carbocycles. The van der Waals surface area contributed by atoms with E-state index in [1.807, 2.05) is 0 Å². The zero-order chi connectivity index (χ0) is 14.4. The molecule has 20 heavy (non-hydrogen) atoms. The molecule has 0 spiro atoms. The van der Waals surface area contributed by atoms with Crippen LogP contribution in [0.1, 0.15) is 44.1 Å². The van der Waals surface area contributed by atoms with Crippen molar-refractivity contribution in [2.75, 3.05) is 12.3 Å². The zero-order valence-electron chi connectivity index (χ0n) is 11.8. The highest BCUT2D eigenvalue weighted by Crippen LogP contribution is 2.25. The second kappa shape index (κ2) is 7.09. The Balaban J connectivity index is 1.77. The van der Waals surface area contributed by atoms with Crippen molar-refractivity contribution in [3.63, 3.8) is 0 Å². The predicted molar refractivity (Wildman–Crippen MR) is 82.7 cm³/mol. The van der Waals surface area contributed by atoms with Gasteiger partial charge < -0.3 is 5.73 Å². The molecule has 0 amide bonds. The van der Waals surface area contributed by atoms with Crippen LogP contribution in [0.5, 0.6) is 0 Å². The van der Waals surface area contributed by atoms with Gasteiger partial charge in [-0.2, -0.15) is 0 Å². The first-order chi connectivity index (χ1) is 9.55. The Morgan fingerprint density at radius 1 is 1.10 bits per heavy atom. The molecular formula is C15H24N2O2S. The van der Waals surface area contributed by atoms with Gasteiger partial charge in [0.25, 0.3) is 0 Å². The van der Waals surface area contributed by atoms with Crippen LogP contribution in [0.25, 0.3) is 0 Å². The fourth-order valence-corrected chi connectivity index (χ4v) is 3.94. The number of hydrogen-bond donors (Lipinski definition) is 2. The maximum atomic E-state index is 12.0. The van der Waals surface area contributed by atoms with Crippen LogP contribution in [-0.4, -0.2) is 15.0 Å².